The summed E-state index contributed by atoms with van der Waals surface area (Å²) in [6, 6.07) is 7.35. The van der Waals surface area contributed by atoms with E-state index in [4.69, 9.17) is 9.47 Å². The zero-order chi connectivity index (χ0) is 10.8. The maximum absolute atomic E-state index is 11.4. The Balaban J connectivity index is 2.30. The maximum Gasteiger partial charge on any atom is 0.339 e. The first kappa shape index (κ1) is 9.77. The van der Waals surface area contributed by atoms with Gasteiger partial charge in [-0.3, -0.25) is 0 Å². The lowest BCUT2D eigenvalue weighted by Crippen LogP contribution is -2.03. The summed E-state index contributed by atoms with van der Waals surface area (Å²) in [5.74, 6) is 0.520. The number of rotatable bonds is 2. The molecule has 2 rings (SSSR count). The molecule has 1 unspecified atom stereocenters. The number of cyclic esters (lactones) is 1. The summed E-state index contributed by atoms with van der Waals surface area (Å²) in [7, 11) is 1.61. The zero-order valence-corrected chi connectivity index (χ0v) is 8.69. The molecule has 1 aliphatic rings. The molecule has 0 bridgehead atoms. The van der Waals surface area contributed by atoms with E-state index < -0.39 is 0 Å². The molecule has 0 aromatic heterocycles. The largest absolute Gasteiger partial charge is 0.497 e. The third-order valence-corrected chi connectivity index (χ3v) is 2.32. The predicted octanol–water partition coefficient (Wildman–Crippen LogP) is 2.02. The Morgan fingerprint density at radius 1 is 1.27 bits per heavy atom. The van der Waals surface area contributed by atoms with Gasteiger partial charge in [-0.15, -0.1) is 0 Å². The average Bonchev–Trinajstić information content (AvgIpc) is 2.58. The molecule has 0 saturated heterocycles. The standard InChI is InChI=1S/C12H12O3/c1-8-7-11(12(13)15-8)9-3-5-10(14-2)6-4-9/h3-8H,1-2H3. The van der Waals surface area contributed by atoms with Gasteiger partial charge in [0.1, 0.15) is 11.9 Å². The van der Waals surface area contributed by atoms with E-state index in [1.54, 1.807) is 7.11 Å². The second-order valence-electron chi connectivity index (χ2n) is 3.42. The summed E-state index contributed by atoms with van der Waals surface area (Å²) in [5, 5.41) is 0. The van der Waals surface area contributed by atoms with Gasteiger partial charge in [0.05, 0.1) is 12.7 Å². The summed E-state index contributed by atoms with van der Waals surface area (Å²) in [4.78, 5) is 11.4. The van der Waals surface area contributed by atoms with Crippen molar-refractivity contribution in [3.63, 3.8) is 0 Å². The fourth-order valence-electron chi connectivity index (χ4n) is 1.55. The summed E-state index contributed by atoms with van der Waals surface area (Å²) in [6.45, 7) is 1.84. The molecular weight excluding hydrogens is 192 g/mol. The topological polar surface area (TPSA) is 35.5 Å². The van der Waals surface area contributed by atoms with Crippen LogP contribution in [0, 0.1) is 0 Å². The van der Waals surface area contributed by atoms with Crippen molar-refractivity contribution in [3.8, 4) is 5.75 Å². The van der Waals surface area contributed by atoms with Crippen molar-refractivity contribution < 1.29 is 14.3 Å². The first-order valence-electron chi connectivity index (χ1n) is 4.78. The Morgan fingerprint density at radius 3 is 2.40 bits per heavy atom. The number of hydrogen-bond donors (Lipinski definition) is 0. The van der Waals surface area contributed by atoms with Crippen LogP contribution in [0.25, 0.3) is 5.57 Å². The summed E-state index contributed by atoms with van der Waals surface area (Å²) in [6.07, 6.45) is 1.69. The normalized spacial score (nSPS) is 19.7. The van der Waals surface area contributed by atoms with Gasteiger partial charge in [0.2, 0.25) is 0 Å². The van der Waals surface area contributed by atoms with Crippen molar-refractivity contribution in [1.82, 2.24) is 0 Å². The van der Waals surface area contributed by atoms with Crippen LogP contribution in [0.1, 0.15) is 12.5 Å². The van der Waals surface area contributed by atoms with Crippen molar-refractivity contribution >= 4 is 11.5 Å². The van der Waals surface area contributed by atoms with Gasteiger partial charge in [-0.25, -0.2) is 4.79 Å². The van der Waals surface area contributed by atoms with Crippen LogP contribution >= 0.6 is 0 Å². The highest BCUT2D eigenvalue weighted by Crippen LogP contribution is 2.25. The van der Waals surface area contributed by atoms with Crippen molar-refractivity contribution in [3.05, 3.63) is 35.9 Å². The van der Waals surface area contributed by atoms with Crippen molar-refractivity contribution in [1.29, 1.82) is 0 Å². The van der Waals surface area contributed by atoms with Crippen LogP contribution in [0.2, 0.25) is 0 Å². The monoisotopic (exact) mass is 204 g/mol. The van der Waals surface area contributed by atoms with Crippen LogP contribution in [0.15, 0.2) is 30.3 Å². The number of benzene rings is 1. The molecule has 0 aliphatic carbocycles. The summed E-state index contributed by atoms with van der Waals surface area (Å²) >= 11 is 0. The molecule has 1 heterocycles. The van der Waals surface area contributed by atoms with E-state index in [0.717, 1.165) is 11.3 Å². The molecule has 0 amide bonds. The quantitative estimate of drug-likeness (QED) is 0.691. The number of ether oxygens (including phenoxy) is 2. The highest BCUT2D eigenvalue weighted by molar-refractivity contribution is 6.18. The number of esters is 1. The fourth-order valence-corrected chi connectivity index (χ4v) is 1.55. The van der Waals surface area contributed by atoms with Crippen LogP contribution in [0.3, 0.4) is 0 Å². The van der Waals surface area contributed by atoms with E-state index in [1.165, 1.54) is 0 Å². The van der Waals surface area contributed by atoms with E-state index >= 15 is 0 Å². The molecule has 1 aromatic rings. The van der Waals surface area contributed by atoms with Crippen molar-refractivity contribution in [2.75, 3.05) is 7.11 Å². The molecular formula is C12H12O3. The lowest BCUT2D eigenvalue weighted by Gasteiger charge is -2.02. The van der Waals surface area contributed by atoms with Crippen LogP contribution in [0.4, 0.5) is 0 Å². The molecule has 0 spiro atoms. The van der Waals surface area contributed by atoms with Gasteiger partial charge in [0.15, 0.2) is 0 Å². The first-order valence-corrected chi connectivity index (χ1v) is 4.78. The van der Waals surface area contributed by atoms with Gasteiger partial charge in [0.25, 0.3) is 0 Å². The minimum Gasteiger partial charge on any atom is -0.497 e. The van der Waals surface area contributed by atoms with Crippen molar-refractivity contribution in [2.24, 2.45) is 0 Å². The molecule has 1 aromatic carbocycles. The number of carbonyl (C=O) groups excluding carboxylic acids is 1. The SMILES string of the molecule is COc1ccc(C2=CC(C)OC2=O)cc1. The maximum atomic E-state index is 11.4. The lowest BCUT2D eigenvalue weighted by atomic mass is 10.1. The minimum absolute atomic E-state index is 0.130. The van der Waals surface area contributed by atoms with Crippen LogP contribution < -0.4 is 4.74 Å². The fraction of sp³-hybridized carbons (Fsp3) is 0.250. The molecule has 78 valence electrons. The summed E-state index contributed by atoms with van der Waals surface area (Å²) < 4.78 is 10.1. The van der Waals surface area contributed by atoms with Crippen LogP contribution in [-0.2, 0) is 9.53 Å². The molecule has 15 heavy (non-hydrogen) atoms. The number of methoxy groups -OCH3 is 1. The highest BCUT2D eigenvalue weighted by Gasteiger charge is 2.23. The van der Waals surface area contributed by atoms with Crippen molar-refractivity contribution in [2.45, 2.75) is 13.0 Å². The van der Waals surface area contributed by atoms with E-state index in [1.807, 2.05) is 37.3 Å². The Bertz CT molecular complexity index is 403. The second-order valence-corrected chi connectivity index (χ2v) is 3.42. The Kier molecular flexibility index (Phi) is 2.46. The minimum atomic E-state index is -0.257. The van der Waals surface area contributed by atoms with E-state index in [0.29, 0.717) is 5.57 Å². The van der Waals surface area contributed by atoms with Gasteiger partial charge < -0.3 is 9.47 Å². The molecule has 1 atom stereocenters. The molecule has 0 fully saturated rings. The van der Waals surface area contributed by atoms with Gasteiger partial charge in [-0.05, 0) is 30.7 Å². The van der Waals surface area contributed by atoms with Gasteiger partial charge in [-0.2, -0.15) is 0 Å². The van der Waals surface area contributed by atoms with E-state index in [9.17, 15) is 4.79 Å². The zero-order valence-electron chi connectivity index (χ0n) is 8.69. The average molecular weight is 204 g/mol. The van der Waals surface area contributed by atoms with Crippen LogP contribution in [0.5, 0.6) is 5.75 Å². The molecule has 0 radical (unpaired) electrons. The van der Waals surface area contributed by atoms with Gasteiger partial charge in [0, 0.05) is 0 Å². The Labute approximate surface area is 88.3 Å². The first-order chi connectivity index (χ1) is 7.20. The van der Waals surface area contributed by atoms with Gasteiger partial charge >= 0.3 is 5.97 Å². The highest BCUT2D eigenvalue weighted by atomic mass is 16.5. The lowest BCUT2D eigenvalue weighted by molar-refractivity contribution is -0.137. The van der Waals surface area contributed by atoms with Gasteiger partial charge in [-0.1, -0.05) is 12.1 Å². The van der Waals surface area contributed by atoms with E-state index in [2.05, 4.69) is 0 Å². The Hall–Kier alpha value is -1.77. The smallest absolute Gasteiger partial charge is 0.339 e. The third kappa shape index (κ3) is 1.86. The van der Waals surface area contributed by atoms with E-state index in [-0.39, 0.29) is 12.1 Å². The molecule has 1 aliphatic heterocycles. The Morgan fingerprint density at radius 2 is 1.93 bits per heavy atom. The molecule has 3 nitrogen and oxygen atoms in total. The van der Waals surface area contributed by atoms with Crippen LogP contribution in [-0.4, -0.2) is 19.2 Å². The summed E-state index contributed by atoms with van der Waals surface area (Å²) in [5.41, 5.74) is 1.50. The number of hydrogen-bond acceptors (Lipinski definition) is 3. The predicted molar refractivity (Wildman–Crippen MR) is 56.5 cm³/mol. The third-order valence-electron chi connectivity index (χ3n) is 2.32. The number of carbonyl (C=O) groups is 1. The molecule has 3 heteroatoms. The molecule has 0 saturated carbocycles. The molecule has 0 N–H and O–H groups in total. The second kappa shape index (κ2) is 3.77.